The molecule has 0 radical (unpaired) electrons. The molecule has 4 aliphatic carbocycles. The topological polar surface area (TPSA) is 38.7 Å². The molecule has 0 heterocycles. The van der Waals surface area contributed by atoms with Crippen molar-refractivity contribution in [3.05, 3.63) is 47.6 Å². The van der Waals surface area contributed by atoms with E-state index in [1.165, 1.54) is 88.2 Å². The number of hydrogen-bond acceptors (Lipinski definition) is 3. The normalized spacial score (nSPS) is 32.2. The third-order valence-corrected chi connectivity index (χ3v) is 24.1. The van der Waals surface area contributed by atoms with E-state index in [9.17, 15) is 5.11 Å². The Kier molecular flexibility index (Phi) is 13.4. The van der Waals surface area contributed by atoms with E-state index in [1.807, 2.05) is 0 Å². The van der Waals surface area contributed by atoms with Gasteiger partial charge in [-0.1, -0.05) is 124 Å². The summed E-state index contributed by atoms with van der Waals surface area (Å²) in [6.07, 6.45) is 26.5. The van der Waals surface area contributed by atoms with Gasteiger partial charge in [-0.05, 0) is 134 Å². The maximum Gasteiger partial charge on any atom is 0.192 e. The number of allylic oxidation sites excluding steroid dienone is 4. The minimum atomic E-state index is -1.99. The van der Waals surface area contributed by atoms with Gasteiger partial charge in [-0.25, -0.2) is 0 Å². The van der Waals surface area contributed by atoms with Gasteiger partial charge in [0, 0.05) is 6.42 Å². The average molecular weight is 725 g/mol. The molecular formula is C45H80O3Si2. The molecule has 4 rings (SSSR count). The highest BCUT2D eigenvalue weighted by atomic mass is 28.4. The molecule has 1 N–H and O–H groups in total. The maximum absolute atomic E-state index is 11.3. The lowest BCUT2D eigenvalue weighted by atomic mass is 9.61. The van der Waals surface area contributed by atoms with Crippen molar-refractivity contribution in [3.63, 3.8) is 0 Å². The fourth-order valence-electron chi connectivity index (χ4n) is 9.29. The Labute approximate surface area is 312 Å². The summed E-state index contributed by atoms with van der Waals surface area (Å²) in [6, 6.07) is 0. The zero-order valence-corrected chi connectivity index (χ0v) is 37.1. The van der Waals surface area contributed by atoms with Crippen LogP contribution in [0.2, 0.25) is 36.3 Å². The SMILES string of the molecule is C=C1C(=CC=C2CCC[C@]3(C)[C@@H]([C@H](C)C=C[C@@H](O)C4(CCCCCC)CC4)CC[C@@H]23)C[C@@H](O[Si](C)(C)C(C)(C)C)C[C@@H]1O[Si](C)(C)C(C)(C)C. The van der Waals surface area contributed by atoms with Crippen molar-refractivity contribution in [1.29, 1.82) is 0 Å². The molecule has 5 heteroatoms. The van der Waals surface area contributed by atoms with Crippen molar-refractivity contribution < 1.29 is 14.0 Å². The summed E-state index contributed by atoms with van der Waals surface area (Å²) in [5, 5.41) is 11.6. The van der Waals surface area contributed by atoms with E-state index in [2.05, 4.69) is 113 Å². The molecule has 0 spiro atoms. The molecule has 0 aliphatic heterocycles. The highest BCUT2D eigenvalue weighted by molar-refractivity contribution is 6.74. The summed E-state index contributed by atoms with van der Waals surface area (Å²) in [6.45, 7) is 35.6. The number of aliphatic hydroxyl groups excluding tert-OH is 1. The molecule has 4 fully saturated rings. The summed E-state index contributed by atoms with van der Waals surface area (Å²) >= 11 is 0. The van der Waals surface area contributed by atoms with Gasteiger partial charge in [0.25, 0.3) is 0 Å². The maximum atomic E-state index is 11.3. The van der Waals surface area contributed by atoms with Crippen molar-refractivity contribution in [2.45, 2.75) is 207 Å². The molecule has 4 aliphatic rings. The van der Waals surface area contributed by atoms with E-state index < -0.39 is 16.6 Å². The first kappa shape index (κ1) is 42.0. The predicted octanol–water partition coefficient (Wildman–Crippen LogP) is 13.5. The van der Waals surface area contributed by atoms with Crippen LogP contribution in [0, 0.1) is 28.6 Å². The monoisotopic (exact) mass is 725 g/mol. The van der Waals surface area contributed by atoms with Crippen molar-refractivity contribution in [1.82, 2.24) is 0 Å². The van der Waals surface area contributed by atoms with Gasteiger partial charge < -0.3 is 14.0 Å². The van der Waals surface area contributed by atoms with E-state index in [1.54, 1.807) is 5.57 Å². The van der Waals surface area contributed by atoms with E-state index >= 15 is 0 Å². The zero-order valence-electron chi connectivity index (χ0n) is 35.1. The van der Waals surface area contributed by atoms with Gasteiger partial charge in [0.2, 0.25) is 0 Å². The molecular weight excluding hydrogens is 645 g/mol. The molecule has 0 unspecified atom stereocenters. The van der Waals surface area contributed by atoms with Crippen molar-refractivity contribution in [2.75, 3.05) is 0 Å². The number of aliphatic hydroxyl groups is 1. The van der Waals surface area contributed by atoms with Crippen molar-refractivity contribution in [3.8, 4) is 0 Å². The molecule has 286 valence electrons. The quantitative estimate of drug-likeness (QED) is 0.110. The van der Waals surface area contributed by atoms with Gasteiger partial charge in [0.1, 0.15) is 0 Å². The van der Waals surface area contributed by atoms with E-state index in [-0.39, 0.29) is 33.8 Å². The lowest BCUT2D eigenvalue weighted by Gasteiger charge is -2.45. The zero-order chi connectivity index (χ0) is 37.3. The summed E-state index contributed by atoms with van der Waals surface area (Å²) in [5.74, 6) is 1.80. The molecule has 0 bridgehead atoms. The molecule has 0 aromatic carbocycles. The molecule has 4 saturated carbocycles. The Bertz CT molecular complexity index is 1260. The van der Waals surface area contributed by atoms with Gasteiger partial charge in [-0.15, -0.1) is 0 Å². The van der Waals surface area contributed by atoms with E-state index in [4.69, 9.17) is 15.4 Å². The lowest BCUT2D eigenvalue weighted by molar-refractivity contribution is 0.0969. The van der Waals surface area contributed by atoms with Crippen LogP contribution >= 0.6 is 0 Å². The summed E-state index contributed by atoms with van der Waals surface area (Å²) < 4.78 is 14.2. The Morgan fingerprint density at radius 3 is 2.14 bits per heavy atom. The van der Waals surface area contributed by atoms with Crippen molar-refractivity contribution >= 4 is 16.6 Å². The minimum absolute atomic E-state index is 0.0191. The highest BCUT2D eigenvalue weighted by Gasteiger charge is 2.51. The average Bonchev–Trinajstić information content (AvgIpc) is 3.71. The first-order valence-corrected chi connectivity index (χ1v) is 26.7. The minimum Gasteiger partial charge on any atom is -0.413 e. The van der Waals surface area contributed by atoms with Crippen LogP contribution in [0.1, 0.15) is 152 Å². The number of rotatable bonds is 14. The van der Waals surface area contributed by atoms with Crippen LogP contribution in [0.4, 0.5) is 0 Å². The van der Waals surface area contributed by atoms with Crippen LogP contribution in [-0.2, 0) is 8.85 Å². The first-order chi connectivity index (χ1) is 23.1. The third kappa shape index (κ3) is 9.49. The Morgan fingerprint density at radius 2 is 1.54 bits per heavy atom. The molecule has 50 heavy (non-hydrogen) atoms. The molecule has 0 aromatic rings. The Balaban J connectivity index is 1.51. The standard InChI is InChI=1S/C45H80O3Si2/c1-15-16-17-18-28-45(29-30-45)41(46)26-21-33(2)38-24-25-39-35(20-19-27-44(38,39)10)22-23-36-31-37(47-49(11,12)42(4,5)6)32-40(34(36)3)48-50(13,14)43(7,8)9/h21-23,26,33,37-41,46H,3,15-20,24-25,27-32H2,1-2,4-14H3/t33-,37-,38-,39+,40+,41-,44-/m1/s1. The highest BCUT2D eigenvalue weighted by Crippen LogP contribution is 2.60. The second-order valence-corrected chi connectivity index (χ2v) is 30.2. The van der Waals surface area contributed by atoms with Crippen LogP contribution in [0.3, 0.4) is 0 Å². The van der Waals surface area contributed by atoms with Crippen LogP contribution in [0.5, 0.6) is 0 Å². The first-order valence-electron chi connectivity index (χ1n) is 20.9. The summed E-state index contributed by atoms with van der Waals surface area (Å²) in [7, 11) is -3.93. The lowest BCUT2D eigenvalue weighted by Crippen LogP contribution is -2.49. The molecule has 3 nitrogen and oxygen atoms in total. The van der Waals surface area contributed by atoms with Crippen LogP contribution in [-0.4, -0.2) is 40.1 Å². The van der Waals surface area contributed by atoms with Gasteiger partial charge >= 0.3 is 0 Å². The van der Waals surface area contributed by atoms with Crippen LogP contribution < -0.4 is 0 Å². The second-order valence-electron chi connectivity index (χ2n) is 20.7. The molecule has 0 saturated heterocycles. The number of hydrogen-bond donors (Lipinski definition) is 1. The summed E-state index contributed by atoms with van der Waals surface area (Å²) in [5.41, 5.74) is 4.66. The predicted molar refractivity (Wildman–Crippen MR) is 222 cm³/mol. The van der Waals surface area contributed by atoms with Crippen molar-refractivity contribution in [2.24, 2.45) is 28.6 Å². The number of unbranched alkanes of at least 4 members (excludes halogenated alkanes) is 3. The van der Waals surface area contributed by atoms with Gasteiger partial charge in [-0.3, -0.25) is 0 Å². The fourth-order valence-corrected chi connectivity index (χ4v) is 12.0. The third-order valence-electron chi connectivity index (χ3n) is 15.1. The van der Waals surface area contributed by atoms with Crippen LogP contribution in [0.15, 0.2) is 47.6 Å². The van der Waals surface area contributed by atoms with Gasteiger partial charge in [-0.2, -0.15) is 0 Å². The molecule has 0 amide bonds. The molecule has 7 atom stereocenters. The summed E-state index contributed by atoms with van der Waals surface area (Å²) in [4.78, 5) is 0. The Morgan fingerprint density at radius 1 is 0.900 bits per heavy atom. The fraction of sp³-hybridized carbons (Fsp3) is 0.822. The van der Waals surface area contributed by atoms with Gasteiger partial charge in [0.05, 0.1) is 18.3 Å². The van der Waals surface area contributed by atoms with Gasteiger partial charge in [0.15, 0.2) is 16.6 Å². The molecule has 0 aromatic heterocycles. The number of fused-ring (bicyclic) bond motifs is 1. The Hall–Kier alpha value is -0.726. The second kappa shape index (κ2) is 15.9. The van der Waals surface area contributed by atoms with Crippen LogP contribution in [0.25, 0.3) is 0 Å². The largest absolute Gasteiger partial charge is 0.413 e. The van der Waals surface area contributed by atoms with E-state index in [0.29, 0.717) is 23.2 Å². The van der Waals surface area contributed by atoms with E-state index in [0.717, 1.165) is 12.8 Å². The smallest absolute Gasteiger partial charge is 0.192 e.